The summed E-state index contributed by atoms with van der Waals surface area (Å²) in [5.74, 6) is -0.773. The molecule has 6 nitrogen and oxygen atoms in total. The Kier molecular flexibility index (Phi) is 5.04. The zero-order valence-corrected chi connectivity index (χ0v) is 14.6. The Morgan fingerprint density at radius 3 is 2.50 bits per heavy atom. The Morgan fingerprint density at radius 2 is 1.81 bits per heavy atom. The summed E-state index contributed by atoms with van der Waals surface area (Å²) in [6.45, 7) is 0.0932. The SMILES string of the molecule is COC(=O)c1ccc(C(=O)NCC(O)c2ccc3c(ccn3C)c2)cc1. The summed E-state index contributed by atoms with van der Waals surface area (Å²) >= 11 is 0. The van der Waals surface area contributed by atoms with Gasteiger partial charge in [0.2, 0.25) is 0 Å². The Labute approximate surface area is 151 Å². The van der Waals surface area contributed by atoms with Gasteiger partial charge in [-0.2, -0.15) is 0 Å². The van der Waals surface area contributed by atoms with Gasteiger partial charge in [0, 0.05) is 30.9 Å². The molecule has 0 saturated heterocycles. The molecule has 6 heteroatoms. The fourth-order valence-electron chi connectivity index (χ4n) is 2.79. The molecule has 0 saturated carbocycles. The maximum Gasteiger partial charge on any atom is 0.337 e. The Bertz CT molecular complexity index is 944. The minimum absolute atomic E-state index is 0.0932. The number of aliphatic hydroxyl groups excluding tert-OH is 1. The second-order valence-electron chi connectivity index (χ2n) is 6.04. The predicted molar refractivity (Wildman–Crippen MR) is 98.0 cm³/mol. The van der Waals surface area contributed by atoms with Crippen molar-refractivity contribution < 1.29 is 19.4 Å². The molecule has 26 heavy (non-hydrogen) atoms. The van der Waals surface area contributed by atoms with E-state index >= 15 is 0 Å². The van der Waals surface area contributed by atoms with E-state index in [2.05, 4.69) is 10.1 Å². The van der Waals surface area contributed by atoms with Crippen LogP contribution in [0.5, 0.6) is 0 Å². The maximum atomic E-state index is 12.2. The number of fused-ring (bicyclic) bond motifs is 1. The Morgan fingerprint density at radius 1 is 1.12 bits per heavy atom. The van der Waals surface area contributed by atoms with Crippen molar-refractivity contribution in [1.29, 1.82) is 0 Å². The first-order valence-electron chi connectivity index (χ1n) is 8.19. The number of hydrogen-bond donors (Lipinski definition) is 2. The van der Waals surface area contributed by atoms with E-state index in [1.54, 1.807) is 12.1 Å². The molecule has 2 N–H and O–H groups in total. The number of aliphatic hydroxyl groups is 1. The van der Waals surface area contributed by atoms with Gasteiger partial charge in [0.15, 0.2) is 0 Å². The third-order valence-corrected chi connectivity index (χ3v) is 4.32. The molecule has 0 radical (unpaired) electrons. The minimum Gasteiger partial charge on any atom is -0.465 e. The first-order valence-corrected chi connectivity index (χ1v) is 8.19. The van der Waals surface area contributed by atoms with Crippen LogP contribution in [-0.2, 0) is 11.8 Å². The van der Waals surface area contributed by atoms with Crippen LogP contribution in [0.1, 0.15) is 32.4 Å². The number of ether oxygens (including phenoxy) is 1. The van der Waals surface area contributed by atoms with Crippen molar-refractivity contribution >= 4 is 22.8 Å². The molecule has 0 aliphatic rings. The van der Waals surface area contributed by atoms with Crippen molar-refractivity contribution in [2.75, 3.05) is 13.7 Å². The molecule has 3 rings (SSSR count). The number of rotatable bonds is 5. The smallest absolute Gasteiger partial charge is 0.337 e. The normalized spacial score (nSPS) is 12.0. The minimum atomic E-state index is -0.808. The number of nitrogens with one attached hydrogen (secondary N) is 1. The van der Waals surface area contributed by atoms with Gasteiger partial charge in [-0.1, -0.05) is 6.07 Å². The first kappa shape index (κ1) is 17.7. The van der Waals surface area contributed by atoms with E-state index in [1.807, 2.05) is 42.1 Å². The molecule has 1 heterocycles. The molecule has 1 atom stereocenters. The average molecular weight is 352 g/mol. The van der Waals surface area contributed by atoms with Gasteiger partial charge in [0.05, 0.1) is 18.8 Å². The third-order valence-electron chi connectivity index (χ3n) is 4.32. The number of carbonyl (C=O) groups excluding carboxylic acids is 2. The number of nitrogens with zero attached hydrogens (tertiary/aromatic N) is 1. The van der Waals surface area contributed by atoms with Crippen LogP contribution in [0.3, 0.4) is 0 Å². The molecule has 0 spiro atoms. The number of esters is 1. The predicted octanol–water partition coefficient (Wildman–Crippen LogP) is 2.43. The van der Waals surface area contributed by atoms with Crippen LogP contribution in [0.25, 0.3) is 10.9 Å². The molecule has 134 valence electrons. The number of amides is 1. The highest BCUT2D eigenvalue weighted by atomic mass is 16.5. The molecule has 1 aromatic heterocycles. The Balaban J connectivity index is 1.63. The highest BCUT2D eigenvalue weighted by Gasteiger charge is 2.13. The van der Waals surface area contributed by atoms with E-state index in [-0.39, 0.29) is 12.5 Å². The zero-order valence-electron chi connectivity index (χ0n) is 14.6. The average Bonchev–Trinajstić information content (AvgIpc) is 3.05. The number of aromatic nitrogens is 1. The van der Waals surface area contributed by atoms with Gasteiger partial charge in [-0.15, -0.1) is 0 Å². The van der Waals surface area contributed by atoms with E-state index in [9.17, 15) is 14.7 Å². The molecular formula is C20H20N2O4. The van der Waals surface area contributed by atoms with E-state index in [0.717, 1.165) is 16.5 Å². The van der Waals surface area contributed by atoms with E-state index in [1.165, 1.54) is 19.2 Å². The highest BCUT2D eigenvalue weighted by molar-refractivity contribution is 5.96. The van der Waals surface area contributed by atoms with Gasteiger partial charge in [-0.3, -0.25) is 4.79 Å². The topological polar surface area (TPSA) is 80.6 Å². The molecule has 0 bridgehead atoms. The summed E-state index contributed by atoms with van der Waals surface area (Å²) in [6, 6.07) is 13.8. The Hall–Kier alpha value is -3.12. The van der Waals surface area contributed by atoms with Gasteiger partial charge in [0.25, 0.3) is 5.91 Å². The number of aryl methyl sites for hydroxylation is 1. The monoisotopic (exact) mass is 352 g/mol. The fourth-order valence-corrected chi connectivity index (χ4v) is 2.79. The lowest BCUT2D eigenvalue weighted by Crippen LogP contribution is -2.28. The van der Waals surface area contributed by atoms with Crippen LogP contribution in [0.4, 0.5) is 0 Å². The summed E-state index contributed by atoms with van der Waals surface area (Å²) < 4.78 is 6.63. The first-order chi connectivity index (χ1) is 12.5. The second kappa shape index (κ2) is 7.41. The van der Waals surface area contributed by atoms with E-state index < -0.39 is 12.1 Å². The van der Waals surface area contributed by atoms with Gasteiger partial charge in [0.1, 0.15) is 0 Å². The molecule has 1 unspecified atom stereocenters. The number of benzene rings is 2. The van der Waals surface area contributed by atoms with Gasteiger partial charge in [-0.25, -0.2) is 4.79 Å². The van der Waals surface area contributed by atoms with Gasteiger partial charge >= 0.3 is 5.97 Å². The van der Waals surface area contributed by atoms with Crippen molar-refractivity contribution in [2.24, 2.45) is 7.05 Å². The highest BCUT2D eigenvalue weighted by Crippen LogP contribution is 2.20. The lowest BCUT2D eigenvalue weighted by Gasteiger charge is -2.13. The van der Waals surface area contributed by atoms with Crippen molar-refractivity contribution in [3.05, 3.63) is 71.4 Å². The van der Waals surface area contributed by atoms with Crippen molar-refractivity contribution in [2.45, 2.75) is 6.10 Å². The lowest BCUT2D eigenvalue weighted by molar-refractivity contribution is 0.0600. The molecular weight excluding hydrogens is 332 g/mol. The number of methoxy groups -OCH3 is 1. The van der Waals surface area contributed by atoms with Crippen molar-refractivity contribution in [1.82, 2.24) is 9.88 Å². The van der Waals surface area contributed by atoms with E-state index in [4.69, 9.17) is 0 Å². The van der Waals surface area contributed by atoms with Crippen molar-refractivity contribution in [3.8, 4) is 0 Å². The molecule has 2 aromatic carbocycles. The molecule has 1 amide bonds. The largest absolute Gasteiger partial charge is 0.465 e. The summed E-state index contributed by atoms with van der Waals surface area (Å²) in [7, 11) is 3.27. The van der Waals surface area contributed by atoms with E-state index in [0.29, 0.717) is 11.1 Å². The molecule has 3 aromatic rings. The van der Waals surface area contributed by atoms with Crippen LogP contribution in [0, 0.1) is 0 Å². The summed E-state index contributed by atoms with van der Waals surface area (Å²) in [5.41, 5.74) is 2.60. The maximum absolute atomic E-state index is 12.2. The van der Waals surface area contributed by atoms with Crippen LogP contribution in [-0.4, -0.2) is 35.2 Å². The number of hydrogen-bond acceptors (Lipinski definition) is 4. The van der Waals surface area contributed by atoms with Crippen LogP contribution >= 0.6 is 0 Å². The van der Waals surface area contributed by atoms with Crippen LogP contribution in [0.15, 0.2) is 54.7 Å². The number of carbonyl (C=O) groups is 2. The van der Waals surface area contributed by atoms with Gasteiger partial charge < -0.3 is 19.7 Å². The third kappa shape index (κ3) is 3.60. The quantitative estimate of drug-likeness (QED) is 0.691. The fraction of sp³-hybridized carbons (Fsp3) is 0.200. The standard InChI is InChI=1S/C20H20N2O4/c1-22-10-9-15-11-16(7-8-17(15)22)18(23)12-21-19(24)13-3-5-14(6-4-13)20(25)26-2/h3-11,18,23H,12H2,1-2H3,(H,21,24). The summed E-state index contributed by atoms with van der Waals surface area (Å²) in [5, 5.41) is 14.1. The van der Waals surface area contributed by atoms with Crippen LogP contribution < -0.4 is 5.32 Å². The summed E-state index contributed by atoms with van der Waals surface area (Å²) in [4.78, 5) is 23.6. The van der Waals surface area contributed by atoms with Crippen molar-refractivity contribution in [3.63, 3.8) is 0 Å². The summed E-state index contributed by atoms with van der Waals surface area (Å²) in [6.07, 6.45) is 1.15. The molecule has 0 fully saturated rings. The molecule has 0 aliphatic carbocycles. The molecule has 0 aliphatic heterocycles. The zero-order chi connectivity index (χ0) is 18.7. The van der Waals surface area contributed by atoms with Crippen LogP contribution in [0.2, 0.25) is 0 Å². The lowest BCUT2D eigenvalue weighted by atomic mass is 10.1. The second-order valence-corrected chi connectivity index (χ2v) is 6.04. The van der Waals surface area contributed by atoms with Gasteiger partial charge in [-0.05, 0) is 53.4 Å².